The lowest BCUT2D eigenvalue weighted by atomic mass is 9.98. The maximum atomic E-state index is 2.39. The molecule has 10 rings (SSSR count). The maximum Gasteiger partial charge on any atom is 0.0546 e. The van der Waals surface area contributed by atoms with Crippen LogP contribution in [-0.2, 0) is 0 Å². The number of nitrogens with zero attached hydrogens (tertiary/aromatic N) is 2. The molecule has 0 radical (unpaired) electrons. The predicted octanol–water partition coefficient (Wildman–Crippen LogP) is 16.4. The van der Waals surface area contributed by atoms with Gasteiger partial charge >= 0.3 is 0 Å². The van der Waals surface area contributed by atoms with E-state index >= 15 is 0 Å². The first kappa shape index (κ1) is 36.4. The molecule has 2 heteroatoms. The van der Waals surface area contributed by atoms with E-state index in [0.717, 1.165) is 45.3 Å². The summed E-state index contributed by atoms with van der Waals surface area (Å²) in [6, 6.07) is 86.8. The van der Waals surface area contributed by atoms with Crippen LogP contribution in [0.1, 0.15) is 11.1 Å². The van der Waals surface area contributed by atoms with Crippen LogP contribution >= 0.6 is 0 Å². The van der Waals surface area contributed by atoms with Crippen molar-refractivity contribution >= 4 is 67.8 Å². The van der Waals surface area contributed by atoms with E-state index in [-0.39, 0.29) is 0 Å². The van der Waals surface area contributed by atoms with Gasteiger partial charge in [0.1, 0.15) is 0 Å². The third-order valence-corrected chi connectivity index (χ3v) is 11.2. The number of para-hydroxylation sites is 2. The second-order valence-electron chi connectivity index (χ2n) is 15.0. The molecule has 0 aliphatic rings. The van der Waals surface area contributed by atoms with E-state index in [1.54, 1.807) is 0 Å². The molecular formula is C58H42N2. The van der Waals surface area contributed by atoms with E-state index < -0.39 is 0 Å². The van der Waals surface area contributed by atoms with Gasteiger partial charge in [0.2, 0.25) is 0 Å². The van der Waals surface area contributed by atoms with Gasteiger partial charge in [-0.05, 0) is 116 Å². The zero-order valence-corrected chi connectivity index (χ0v) is 33.1. The van der Waals surface area contributed by atoms with Crippen LogP contribution in [0, 0.1) is 0 Å². The zero-order valence-electron chi connectivity index (χ0n) is 33.1. The van der Waals surface area contributed by atoms with Crippen molar-refractivity contribution in [1.82, 2.24) is 0 Å². The molecule has 0 aliphatic heterocycles. The lowest BCUT2D eigenvalue weighted by molar-refractivity contribution is 1.28. The summed E-state index contributed by atoms with van der Waals surface area (Å²) in [5.41, 5.74) is 13.8. The van der Waals surface area contributed by atoms with Gasteiger partial charge in [0.25, 0.3) is 0 Å². The third kappa shape index (κ3) is 7.46. The molecular weight excluding hydrogens is 725 g/mol. The number of hydrogen-bond donors (Lipinski definition) is 0. The van der Waals surface area contributed by atoms with Crippen LogP contribution in [0.25, 0.3) is 56.0 Å². The molecule has 0 saturated carbocycles. The molecule has 284 valence electrons. The summed E-state index contributed by atoms with van der Waals surface area (Å²) in [5, 5.41) is 4.94. The van der Waals surface area contributed by atoms with Crippen LogP contribution in [0.15, 0.2) is 243 Å². The lowest BCUT2D eigenvalue weighted by Crippen LogP contribution is -2.10. The number of fused-ring (bicyclic) bond motifs is 3. The SMILES string of the molecule is C(=C\c1ccc(N(c2ccc(-c3ccccc3)cc2)c2cc3ccccc3c3ccccc23)cc1)/c1ccc(-c2ccc(N(c3ccccc3)c3ccccc3)cc2)cc1. The fourth-order valence-corrected chi connectivity index (χ4v) is 8.20. The molecule has 0 bridgehead atoms. The Bertz CT molecular complexity index is 2990. The average molecular weight is 767 g/mol. The standard InChI is InChI=1S/C58H42N2/c1-4-14-45(15-5-1)47-34-40-54(41-35-47)60(58-42-49-16-10-11-21-55(49)56-22-12-13-23-57(56)58)53-36-28-44(29-37-53)25-24-43-26-30-46(31-27-43)48-32-38-52(39-33-48)59(50-17-6-2-7-18-50)51-19-8-3-9-20-51/h1-42H/b25-24+. The number of rotatable bonds is 10. The molecule has 0 fully saturated rings. The van der Waals surface area contributed by atoms with Gasteiger partial charge in [0.05, 0.1) is 5.69 Å². The van der Waals surface area contributed by atoms with Gasteiger partial charge in [0, 0.05) is 33.8 Å². The third-order valence-electron chi connectivity index (χ3n) is 11.2. The summed E-state index contributed by atoms with van der Waals surface area (Å²) in [6.45, 7) is 0. The van der Waals surface area contributed by atoms with Gasteiger partial charge in [-0.25, -0.2) is 0 Å². The van der Waals surface area contributed by atoms with Crippen LogP contribution < -0.4 is 9.80 Å². The molecule has 0 atom stereocenters. The zero-order chi connectivity index (χ0) is 40.1. The number of anilines is 6. The molecule has 0 aromatic heterocycles. The molecule has 0 amide bonds. The van der Waals surface area contributed by atoms with E-state index in [1.165, 1.54) is 43.8 Å². The Morgan fingerprint density at radius 2 is 0.600 bits per heavy atom. The Kier molecular flexibility index (Phi) is 10.0. The van der Waals surface area contributed by atoms with Gasteiger partial charge < -0.3 is 9.80 Å². The van der Waals surface area contributed by atoms with Gasteiger partial charge in [0.15, 0.2) is 0 Å². The van der Waals surface area contributed by atoms with Crippen molar-refractivity contribution in [3.05, 3.63) is 254 Å². The highest BCUT2D eigenvalue weighted by Gasteiger charge is 2.18. The van der Waals surface area contributed by atoms with Crippen LogP contribution in [0.2, 0.25) is 0 Å². The molecule has 10 aromatic carbocycles. The summed E-state index contributed by atoms with van der Waals surface area (Å²) < 4.78 is 0. The molecule has 2 nitrogen and oxygen atoms in total. The fraction of sp³-hybridized carbons (Fsp3) is 0. The lowest BCUT2D eigenvalue weighted by Gasteiger charge is -2.28. The number of hydrogen-bond acceptors (Lipinski definition) is 2. The van der Waals surface area contributed by atoms with Crippen molar-refractivity contribution in [3.63, 3.8) is 0 Å². The topological polar surface area (TPSA) is 6.48 Å². The largest absolute Gasteiger partial charge is 0.311 e. The molecule has 60 heavy (non-hydrogen) atoms. The van der Waals surface area contributed by atoms with Crippen molar-refractivity contribution in [3.8, 4) is 22.3 Å². The second-order valence-corrected chi connectivity index (χ2v) is 15.0. The monoisotopic (exact) mass is 766 g/mol. The molecule has 0 saturated heterocycles. The van der Waals surface area contributed by atoms with Gasteiger partial charge in [-0.15, -0.1) is 0 Å². The quantitative estimate of drug-likeness (QED) is 0.101. The first-order valence-corrected chi connectivity index (χ1v) is 20.5. The summed E-state index contributed by atoms with van der Waals surface area (Å²) >= 11 is 0. The number of benzene rings is 10. The first-order chi connectivity index (χ1) is 29.7. The van der Waals surface area contributed by atoms with Crippen LogP contribution in [0.3, 0.4) is 0 Å². The highest BCUT2D eigenvalue weighted by atomic mass is 15.1. The van der Waals surface area contributed by atoms with Gasteiger partial charge in [-0.1, -0.05) is 188 Å². The molecule has 0 N–H and O–H groups in total. The summed E-state index contributed by atoms with van der Waals surface area (Å²) in [7, 11) is 0. The molecule has 0 aliphatic carbocycles. The Balaban J connectivity index is 0.917. The van der Waals surface area contributed by atoms with Crippen LogP contribution in [-0.4, -0.2) is 0 Å². The van der Waals surface area contributed by atoms with Gasteiger partial charge in [-0.3, -0.25) is 0 Å². The predicted molar refractivity (Wildman–Crippen MR) is 257 cm³/mol. The Morgan fingerprint density at radius 1 is 0.250 bits per heavy atom. The molecule has 0 unspecified atom stereocenters. The van der Waals surface area contributed by atoms with Crippen molar-refractivity contribution in [2.24, 2.45) is 0 Å². The van der Waals surface area contributed by atoms with Crippen LogP contribution in [0.5, 0.6) is 0 Å². The van der Waals surface area contributed by atoms with E-state index in [2.05, 4.69) is 265 Å². The minimum Gasteiger partial charge on any atom is -0.311 e. The van der Waals surface area contributed by atoms with E-state index in [9.17, 15) is 0 Å². The van der Waals surface area contributed by atoms with Crippen LogP contribution in [0.4, 0.5) is 34.1 Å². The molecule has 0 heterocycles. The summed E-state index contributed by atoms with van der Waals surface area (Å²) in [4.78, 5) is 4.68. The van der Waals surface area contributed by atoms with Crippen molar-refractivity contribution in [2.75, 3.05) is 9.80 Å². The summed E-state index contributed by atoms with van der Waals surface area (Å²) in [5.74, 6) is 0. The minimum absolute atomic E-state index is 1.10. The van der Waals surface area contributed by atoms with Gasteiger partial charge in [-0.2, -0.15) is 0 Å². The molecule has 10 aromatic rings. The normalized spacial score (nSPS) is 11.3. The van der Waals surface area contributed by atoms with E-state index in [0.29, 0.717) is 0 Å². The Labute approximate surface area is 352 Å². The Morgan fingerprint density at radius 3 is 1.13 bits per heavy atom. The first-order valence-electron chi connectivity index (χ1n) is 20.5. The second kappa shape index (κ2) is 16.5. The highest BCUT2D eigenvalue weighted by Crippen LogP contribution is 2.43. The highest BCUT2D eigenvalue weighted by molar-refractivity contribution is 6.14. The van der Waals surface area contributed by atoms with E-state index in [1.807, 2.05) is 0 Å². The average Bonchev–Trinajstić information content (AvgIpc) is 3.33. The molecule has 0 spiro atoms. The minimum atomic E-state index is 1.10. The smallest absolute Gasteiger partial charge is 0.0546 e. The maximum absolute atomic E-state index is 2.39. The Hall–Kier alpha value is -7.94. The fourth-order valence-electron chi connectivity index (χ4n) is 8.20. The van der Waals surface area contributed by atoms with Crippen molar-refractivity contribution in [2.45, 2.75) is 0 Å². The van der Waals surface area contributed by atoms with Crippen molar-refractivity contribution < 1.29 is 0 Å². The summed E-state index contributed by atoms with van der Waals surface area (Å²) in [6.07, 6.45) is 4.39. The van der Waals surface area contributed by atoms with E-state index in [4.69, 9.17) is 0 Å². The van der Waals surface area contributed by atoms with Crippen molar-refractivity contribution in [1.29, 1.82) is 0 Å².